The molecule has 13 heavy (non-hydrogen) atoms. The Morgan fingerprint density at radius 2 is 1.77 bits per heavy atom. The molecule has 0 spiro atoms. The average molecular weight is 161 g/mol. The Kier molecular flexibility index (Phi) is 5.22. The van der Waals surface area contributed by atoms with Crippen LogP contribution in [0.4, 0.5) is 0 Å². The van der Waals surface area contributed by atoms with Gasteiger partial charge in [0.05, 0.1) is 0 Å². The van der Waals surface area contributed by atoms with Crippen molar-refractivity contribution in [1.82, 2.24) is 4.98 Å². The summed E-state index contributed by atoms with van der Waals surface area (Å²) in [6.45, 7) is 0. The summed E-state index contributed by atoms with van der Waals surface area (Å²) in [5.41, 5.74) is 0.662. The van der Waals surface area contributed by atoms with Gasteiger partial charge in [0, 0.05) is 11.6 Å². The van der Waals surface area contributed by atoms with Gasteiger partial charge in [0.15, 0.2) is 0 Å². The van der Waals surface area contributed by atoms with Gasteiger partial charge in [-0.05, 0) is 12.1 Å². The fraction of sp³-hybridized carbons (Fsp3) is 0. The molecule has 1 heterocycles. The molecule has 58 valence electrons. The Morgan fingerprint density at radius 1 is 1.08 bits per heavy atom. The fourth-order valence-corrected chi connectivity index (χ4v) is 1.09. The molecule has 1 N–H and O–H groups in total. The molecule has 0 aliphatic carbocycles. The number of phenolic OH excluding ortho intramolecular Hbond substituents is 1. The van der Waals surface area contributed by atoms with Gasteiger partial charge < -0.3 is 7.96 Å². The minimum Gasteiger partial charge on any atom is -1.00 e. The minimum atomic E-state index is 0. The number of nitrogens with zero attached hydrogens (tertiary/aromatic N) is 1. The number of phenols is 1. The SMILES string of the molecule is Oc1cccc2cccnc12.[H-].[H-].[Li+].[Li+]. The van der Waals surface area contributed by atoms with Crippen molar-refractivity contribution in [1.29, 1.82) is 0 Å². The van der Waals surface area contributed by atoms with Gasteiger partial charge in [0.2, 0.25) is 0 Å². The summed E-state index contributed by atoms with van der Waals surface area (Å²) in [7, 11) is 0. The van der Waals surface area contributed by atoms with Crippen molar-refractivity contribution in [3.05, 3.63) is 36.5 Å². The first-order valence-electron chi connectivity index (χ1n) is 3.40. The monoisotopic (exact) mass is 161 g/mol. The number of aromatic hydroxyl groups is 1. The Labute approximate surface area is 104 Å². The van der Waals surface area contributed by atoms with Crippen LogP contribution >= 0.6 is 0 Å². The van der Waals surface area contributed by atoms with Crippen molar-refractivity contribution in [3.8, 4) is 5.75 Å². The normalized spacial score (nSPS) is 8.62. The predicted molar refractivity (Wildman–Crippen MR) is 45.6 cm³/mol. The Bertz CT molecular complexity index is 395. The first-order chi connectivity index (χ1) is 5.38. The molecule has 0 radical (unpaired) electrons. The number of benzene rings is 1. The number of hydrogen-bond acceptors (Lipinski definition) is 2. The molecule has 2 rings (SSSR count). The van der Waals surface area contributed by atoms with E-state index in [9.17, 15) is 5.11 Å². The number of pyridine rings is 1. The van der Waals surface area contributed by atoms with Crippen molar-refractivity contribution >= 4 is 10.9 Å². The van der Waals surface area contributed by atoms with Crippen molar-refractivity contribution in [2.75, 3.05) is 0 Å². The van der Waals surface area contributed by atoms with E-state index in [1.807, 2.05) is 18.2 Å². The molecule has 4 heteroatoms. The zero-order valence-electron chi connectivity index (χ0n) is 9.86. The third-order valence-corrected chi connectivity index (χ3v) is 1.61. The van der Waals surface area contributed by atoms with Crippen molar-refractivity contribution in [3.63, 3.8) is 0 Å². The van der Waals surface area contributed by atoms with Gasteiger partial charge in [-0.1, -0.05) is 18.2 Å². The average Bonchev–Trinajstić information content (AvgIpc) is 2.06. The van der Waals surface area contributed by atoms with Gasteiger partial charge in [0.1, 0.15) is 11.3 Å². The van der Waals surface area contributed by atoms with E-state index in [2.05, 4.69) is 4.98 Å². The molecule has 0 amide bonds. The van der Waals surface area contributed by atoms with Gasteiger partial charge in [-0.2, -0.15) is 0 Å². The molecule has 0 saturated carbocycles. The van der Waals surface area contributed by atoms with Gasteiger partial charge in [-0.15, -0.1) is 0 Å². The van der Waals surface area contributed by atoms with Crippen LogP contribution in [0.25, 0.3) is 10.9 Å². The van der Waals surface area contributed by atoms with Crippen LogP contribution in [0, 0.1) is 0 Å². The predicted octanol–water partition coefficient (Wildman–Crippen LogP) is -3.83. The van der Waals surface area contributed by atoms with Crippen molar-refractivity contribution in [2.24, 2.45) is 0 Å². The molecule has 0 aliphatic heterocycles. The molecule has 0 aliphatic rings. The first kappa shape index (κ1) is 12.6. The van der Waals surface area contributed by atoms with E-state index in [-0.39, 0.29) is 46.3 Å². The fourth-order valence-electron chi connectivity index (χ4n) is 1.09. The molecule has 0 fully saturated rings. The summed E-state index contributed by atoms with van der Waals surface area (Å²) in [5.74, 6) is 0.239. The molecule has 0 saturated heterocycles. The second-order valence-corrected chi connectivity index (χ2v) is 2.35. The molecule has 0 bridgehead atoms. The zero-order valence-corrected chi connectivity index (χ0v) is 7.86. The van der Waals surface area contributed by atoms with E-state index in [1.165, 1.54) is 0 Å². The van der Waals surface area contributed by atoms with E-state index >= 15 is 0 Å². The molecular formula is C9H9Li2NO. The first-order valence-corrected chi connectivity index (χ1v) is 3.40. The van der Waals surface area contributed by atoms with Crippen LogP contribution in [-0.2, 0) is 0 Å². The number of para-hydroxylation sites is 1. The van der Waals surface area contributed by atoms with Crippen LogP contribution in [0.5, 0.6) is 5.75 Å². The van der Waals surface area contributed by atoms with E-state index in [0.29, 0.717) is 5.52 Å². The smallest absolute Gasteiger partial charge is 1.00 e. The Hall–Kier alpha value is -0.375. The van der Waals surface area contributed by atoms with E-state index in [1.54, 1.807) is 18.3 Å². The van der Waals surface area contributed by atoms with E-state index in [0.717, 1.165) is 5.39 Å². The van der Waals surface area contributed by atoms with Crippen LogP contribution in [-0.4, -0.2) is 10.1 Å². The van der Waals surface area contributed by atoms with E-state index < -0.39 is 0 Å². The second-order valence-electron chi connectivity index (χ2n) is 2.35. The molecule has 0 atom stereocenters. The molecule has 2 nitrogen and oxygen atoms in total. The molecule has 0 unspecified atom stereocenters. The summed E-state index contributed by atoms with van der Waals surface area (Å²) in [6.07, 6.45) is 1.67. The molecular weight excluding hydrogens is 152 g/mol. The van der Waals surface area contributed by atoms with Crippen LogP contribution in [0.15, 0.2) is 36.5 Å². The second kappa shape index (κ2) is 5.38. The summed E-state index contributed by atoms with van der Waals surface area (Å²) >= 11 is 0. The van der Waals surface area contributed by atoms with Gasteiger partial charge in [0.25, 0.3) is 0 Å². The standard InChI is InChI=1S/C9H7NO.2Li.2H/c11-8-5-1-3-7-4-2-6-10-9(7)8;;;;/h1-6,11H;;;;/q;2*+1;2*-1. The Balaban J connectivity index is -0.000000360. The minimum absolute atomic E-state index is 0. The number of aromatic nitrogens is 1. The maximum absolute atomic E-state index is 9.31. The van der Waals surface area contributed by atoms with E-state index in [4.69, 9.17) is 0 Å². The van der Waals surface area contributed by atoms with Crippen molar-refractivity contribution in [2.45, 2.75) is 0 Å². The van der Waals surface area contributed by atoms with Crippen molar-refractivity contribution < 1.29 is 45.7 Å². The maximum Gasteiger partial charge on any atom is 1.00 e. The third kappa shape index (κ3) is 2.53. The van der Waals surface area contributed by atoms with Crippen LogP contribution in [0.1, 0.15) is 2.85 Å². The third-order valence-electron chi connectivity index (χ3n) is 1.61. The quantitative estimate of drug-likeness (QED) is 0.401. The topological polar surface area (TPSA) is 33.1 Å². The number of rotatable bonds is 0. The molecule has 1 aromatic carbocycles. The summed E-state index contributed by atoms with van der Waals surface area (Å²) < 4.78 is 0. The summed E-state index contributed by atoms with van der Waals surface area (Å²) in [4.78, 5) is 4.03. The largest absolute Gasteiger partial charge is 1.00 e. The molecule has 2 aromatic rings. The van der Waals surface area contributed by atoms with Crippen LogP contribution < -0.4 is 37.7 Å². The van der Waals surface area contributed by atoms with Crippen LogP contribution in [0.2, 0.25) is 0 Å². The molecule has 1 aromatic heterocycles. The number of fused-ring (bicyclic) bond motifs is 1. The maximum atomic E-state index is 9.31. The zero-order chi connectivity index (χ0) is 7.68. The summed E-state index contributed by atoms with van der Waals surface area (Å²) in [5, 5.41) is 10.3. The number of hydrogen-bond donors (Lipinski definition) is 1. The van der Waals surface area contributed by atoms with Crippen LogP contribution in [0.3, 0.4) is 0 Å². The van der Waals surface area contributed by atoms with Gasteiger partial charge in [-0.25, -0.2) is 0 Å². The van der Waals surface area contributed by atoms with Gasteiger partial charge >= 0.3 is 37.7 Å². The van der Waals surface area contributed by atoms with Gasteiger partial charge in [-0.3, -0.25) is 4.98 Å². The summed E-state index contributed by atoms with van der Waals surface area (Å²) in [6, 6.07) is 9.13. The Morgan fingerprint density at radius 3 is 2.46 bits per heavy atom.